The molecule has 1 N–H and O–H groups in total. The predicted molar refractivity (Wildman–Crippen MR) is 57.7 cm³/mol. The highest BCUT2D eigenvalue weighted by molar-refractivity contribution is 4.93. The summed E-state index contributed by atoms with van der Waals surface area (Å²) < 4.78 is 5.33. The van der Waals surface area contributed by atoms with Gasteiger partial charge in [-0.25, -0.2) is 0 Å². The lowest BCUT2D eigenvalue weighted by molar-refractivity contribution is 0.176. The smallest absolute Gasteiger partial charge is 0.0860 e. The molecule has 0 aliphatic rings. The Balaban J connectivity index is 3.25. The van der Waals surface area contributed by atoms with Crippen molar-refractivity contribution in [3.05, 3.63) is 24.4 Å². The van der Waals surface area contributed by atoms with Crippen molar-refractivity contribution in [2.45, 2.75) is 26.7 Å². The van der Waals surface area contributed by atoms with E-state index in [1.807, 2.05) is 6.92 Å². The fourth-order valence-corrected chi connectivity index (χ4v) is 0.841. The molecule has 0 fully saturated rings. The lowest BCUT2D eigenvalue weighted by Gasteiger charge is -2.09. The Hall–Kier alpha value is -0.760. The lowest BCUT2D eigenvalue weighted by Crippen LogP contribution is -2.18. The number of rotatable bonds is 8. The average molecular weight is 183 g/mol. The number of ether oxygens (including phenoxy) is 1. The first-order valence-electron chi connectivity index (χ1n) is 4.80. The minimum Gasteiger partial charge on any atom is -0.387 e. The predicted octanol–water partition coefficient (Wildman–Crippen LogP) is 2.48. The zero-order chi connectivity index (χ0) is 10.1. The third-order valence-corrected chi connectivity index (χ3v) is 1.53. The first-order valence-corrected chi connectivity index (χ1v) is 4.80. The molecule has 0 aromatic heterocycles. The van der Waals surface area contributed by atoms with E-state index in [0.717, 1.165) is 17.8 Å². The molecular formula is C11H21NO. The van der Waals surface area contributed by atoms with Crippen LogP contribution in [0, 0.1) is 0 Å². The maximum atomic E-state index is 5.33. The molecular weight excluding hydrogens is 162 g/mol. The molecule has 0 saturated carbocycles. The standard InChI is InChI=1S/C11H21NO/c1-5-6-7-12-11(4)9-13-8-10(2)3/h12H,2,4-9H2,1,3H3. The zero-order valence-electron chi connectivity index (χ0n) is 8.86. The van der Waals surface area contributed by atoms with E-state index in [2.05, 4.69) is 25.4 Å². The third-order valence-electron chi connectivity index (χ3n) is 1.53. The van der Waals surface area contributed by atoms with Crippen molar-refractivity contribution in [3.63, 3.8) is 0 Å². The summed E-state index contributed by atoms with van der Waals surface area (Å²) in [6, 6.07) is 0. The fraction of sp³-hybridized carbons (Fsp3) is 0.636. The van der Waals surface area contributed by atoms with E-state index < -0.39 is 0 Å². The van der Waals surface area contributed by atoms with Crippen LogP contribution < -0.4 is 5.32 Å². The van der Waals surface area contributed by atoms with Crippen LogP contribution in [0.5, 0.6) is 0 Å². The summed E-state index contributed by atoms with van der Waals surface area (Å²) in [5.74, 6) is 0. The summed E-state index contributed by atoms with van der Waals surface area (Å²) in [7, 11) is 0. The van der Waals surface area contributed by atoms with Crippen LogP contribution >= 0.6 is 0 Å². The molecule has 2 heteroatoms. The van der Waals surface area contributed by atoms with E-state index in [0.29, 0.717) is 13.2 Å². The van der Waals surface area contributed by atoms with E-state index >= 15 is 0 Å². The Bertz CT molecular complexity index is 163. The number of hydrogen-bond donors (Lipinski definition) is 1. The Morgan fingerprint density at radius 1 is 1.31 bits per heavy atom. The summed E-state index contributed by atoms with van der Waals surface area (Å²) in [6.07, 6.45) is 2.38. The van der Waals surface area contributed by atoms with Gasteiger partial charge in [0.25, 0.3) is 0 Å². The summed E-state index contributed by atoms with van der Waals surface area (Å²) in [6.45, 7) is 13.9. The van der Waals surface area contributed by atoms with Crippen LogP contribution in [-0.4, -0.2) is 19.8 Å². The molecule has 0 unspecified atom stereocenters. The van der Waals surface area contributed by atoms with E-state index in [1.54, 1.807) is 0 Å². The molecule has 0 aromatic rings. The number of hydrogen-bond acceptors (Lipinski definition) is 2. The van der Waals surface area contributed by atoms with Crippen LogP contribution in [0.4, 0.5) is 0 Å². The summed E-state index contributed by atoms with van der Waals surface area (Å²) in [4.78, 5) is 0. The normalized spacial score (nSPS) is 9.69. The Labute approximate surface area is 81.7 Å². The molecule has 0 aliphatic carbocycles. The van der Waals surface area contributed by atoms with E-state index in [-0.39, 0.29) is 0 Å². The van der Waals surface area contributed by atoms with Gasteiger partial charge in [0.2, 0.25) is 0 Å². The Morgan fingerprint density at radius 3 is 2.54 bits per heavy atom. The molecule has 0 atom stereocenters. The van der Waals surface area contributed by atoms with E-state index in [9.17, 15) is 0 Å². The van der Waals surface area contributed by atoms with Gasteiger partial charge < -0.3 is 10.1 Å². The largest absolute Gasteiger partial charge is 0.387 e. The van der Waals surface area contributed by atoms with Crippen LogP contribution in [0.2, 0.25) is 0 Å². The van der Waals surface area contributed by atoms with Crippen molar-refractivity contribution in [2.24, 2.45) is 0 Å². The second-order valence-corrected chi connectivity index (χ2v) is 3.33. The fourth-order valence-electron chi connectivity index (χ4n) is 0.841. The van der Waals surface area contributed by atoms with Crippen LogP contribution in [0.3, 0.4) is 0 Å². The van der Waals surface area contributed by atoms with Crippen molar-refractivity contribution in [1.82, 2.24) is 5.32 Å². The second kappa shape index (κ2) is 7.87. The quantitative estimate of drug-likeness (QED) is 0.461. The van der Waals surface area contributed by atoms with Gasteiger partial charge in [-0.15, -0.1) is 0 Å². The summed E-state index contributed by atoms with van der Waals surface area (Å²) >= 11 is 0. The van der Waals surface area contributed by atoms with Gasteiger partial charge in [0.1, 0.15) is 0 Å². The first-order chi connectivity index (χ1) is 6.16. The molecule has 0 amide bonds. The van der Waals surface area contributed by atoms with E-state index in [4.69, 9.17) is 4.74 Å². The summed E-state index contributed by atoms with van der Waals surface area (Å²) in [5, 5.41) is 3.21. The van der Waals surface area contributed by atoms with Gasteiger partial charge in [-0.2, -0.15) is 0 Å². The second-order valence-electron chi connectivity index (χ2n) is 3.33. The van der Waals surface area contributed by atoms with E-state index in [1.165, 1.54) is 12.8 Å². The Kier molecular flexibility index (Phi) is 7.41. The minimum absolute atomic E-state index is 0.580. The van der Waals surface area contributed by atoms with Crippen LogP contribution in [0.15, 0.2) is 24.4 Å². The first kappa shape index (κ1) is 12.2. The van der Waals surface area contributed by atoms with Gasteiger partial charge in [-0.05, 0) is 13.3 Å². The minimum atomic E-state index is 0.580. The average Bonchev–Trinajstić information content (AvgIpc) is 2.04. The molecule has 76 valence electrons. The van der Waals surface area contributed by atoms with Crippen molar-refractivity contribution < 1.29 is 4.74 Å². The number of unbranched alkanes of at least 4 members (excludes halogenated alkanes) is 1. The van der Waals surface area contributed by atoms with Gasteiger partial charge in [0.05, 0.1) is 13.2 Å². The zero-order valence-corrected chi connectivity index (χ0v) is 8.86. The SMILES string of the molecule is C=C(C)COCC(=C)NCCCC. The Morgan fingerprint density at radius 2 is 2.00 bits per heavy atom. The highest BCUT2D eigenvalue weighted by Gasteiger charge is 1.93. The van der Waals surface area contributed by atoms with Gasteiger partial charge in [-0.1, -0.05) is 32.1 Å². The maximum absolute atomic E-state index is 5.33. The number of nitrogens with one attached hydrogen (secondary N) is 1. The van der Waals surface area contributed by atoms with Crippen LogP contribution in [0.1, 0.15) is 26.7 Å². The van der Waals surface area contributed by atoms with Crippen LogP contribution in [-0.2, 0) is 4.74 Å². The molecule has 0 rings (SSSR count). The molecule has 2 nitrogen and oxygen atoms in total. The van der Waals surface area contributed by atoms with Crippen LogP contribution in [0.25, 0.3) is 0 Å². The van der Waals surface area contributed by atoms with Gasteiger partial charge in [-0.3, -0.25) is 0 Å². The van der Waals surface area contributed by atoms with Crippen molar-refractivity contribution >= 4 is 0 Å². The van der Waals surface area contributed by atoms with Gasteiger partial charge in [0.15, 0.2) is 0 Å². The van der Waals surface area contributed by atoms with Crippen molar-refractivity contribution in [2.75, 3.05) is 19.8 Å². The molecule has 13 heavy (non-hydrogen) atoms. The molecule has 0 bridgehead atoms. The van der Waals surface area contributed by atoms with Crippen molar-refractivity contribution in [3.8, 4) is 0 Å². The molecule has 0 heterocycles. The van der Waals surface area contributed by atoms with Gasteiger partial charge in [0, 0.05) is 12.2 Å². The van der Waals surface area contributed by atoms with Crippen molar-refractivity contribution in [1.29, 1.82) is 0 Å². The maximum Gasteiger partial charge on any atom is 0.0860 e. The topological polar surface area (TPSA) is 21.3 Å². The molecule has 0 spiro atoms. The monoisotopic (exact) mass is 183 g/mol. The highest BCUT2D eigenvalue weighted by Crippen LogP contribution is 1.93. The molecule has 0 saturated heterocycles. The third kappa shape index (κ3) is 9.15. The summed E-state index contributed by atoms with van der Waals surface area (Å²) in [5.41, 5.74) is 2.00. The molecule has 0 radical (unpaired) electrons. The highest BCUT2D eigenvalue weighted by atomic mass is 16.5. The lowest BCUT2D eigenvalue weighted by atomic mass is 10.3. The molecule has 0 aromatic carbocycles. The molecule has 0 aliphatic heterocycles. The van der Waals surface area contributed by atoms with Gasteiger partial charge >= 0.3 is 0 Å².